The van der Waals surface area contributed by atoms with E-state index in [0.29, 0.717) is 0 Å². The molecule has 3 heteroatoms. The fourth-order valence-corrected chi connectivity index (χ4v) is 0.832. The first-order valence-corrected chi connectivity index (χ1v) is 3.82. The highest BCUT2D eigenvalue weighted by Gasteiger charge is 2.04. The Kier molecular flexibility index (Phi) is 5.25. The molecule has 0 rings (SSSR count). The fraction of sp³-hybridized carbons (Fsp3) is 0.625. The molecular formula is C8H15NO2. The summed E-state index contributed by atoms with van der Waals surface area (Å²) in [5.74, 6) is 0. The van der Waals surface area contributed by atoms with E-state index in [1.54, 1.807) is 6.08 Å². The molecule has 0 saturated heterocycles. The Bertz CT molecular complexity index is 134. The second-order valence-electron chi connectivity index (χ2n) is 2.43. The zero-order valence-electron chi connectivity index (χ0n) is 6.84. The standard InChI is InChI=1S/C8H15NO2/c1-3-5-6-7(4-2)9-8(10)11/h4,7,9H,2-3,5-6H2,1H3,(H,10,11). The van der Waals surface area contributed by atoms with E-state index < -0.39 is 6.09 Å². The number of rotatable bonds is 5. The first kappa shape index (κ1) is 10.0. The maximum absolute atomic E-state index is 10.2. The lowest BCUT2D eigenvalue weighted by Crippen LogP contribution is -2.31. The van der Waals surface area contributed by atoms with Crippen molar-refractivity contribution in [3.05, 3.63) is 12.7 Å². The van der Waals surface area contributed by atoms with Crippen LogP contribution in [0.2, 0.25) is 0 Å². The van der Waals surface area contributed by atoms with Gasteiger partial charge in [-0.05, 0) is 6.42 Å². The SMILES string of the molecule is C=CC(CCCC)NC(=O)O. The van der Waals surface area contributed by atoms with E-state index >= 15 is 0 Å². The lowest BCUT2D eigenvalue weighted by molar-refractivity contribution is 0.191. The van der Waals surface area contributed by atoms with Crippen LogP contribution < -0.4 is 5.32 Å². The van der Waals surface area contributed by atoms with Crippen LogP contribution in [0.5, 0.6) is 0 Å². The third kappa shape index (κ3) is 5.45. The Balaban J connectivity index is 3.57. The first-order valence-electron chi connectivity index (χ1n) is 3.82. The molecule has 11 heavy (non-hydrogen) atoms. The van der Waals surface area contributed by atoms with E-state index in [1.807, 2.05) is 0 Å². The average Bonchev–Trinajstić information content (AvgIpc) is 1.97. The van der Waals surface area contributed by atoms with Gasteiger partial charge in [0.05, 0.1) is 6.04 Å². The molecule has 0 aromatic rings. The maximum atomic E-state index is 10.2. The highest BCUT2D eigenvalue weighted by atomic mass is 16.4. The van der Waals surface area contributed by atoms with E-state index in [9.17, 15) is 4.79 Å². The predicted molar refractivity (Wildman–Crippen MR) is 44.7 cm³/mol. The highest BCUT2D eigenvalue weighted by molar-refractivity contribution is 5.65. The van der Waals surface area contributed by atoms with Gasteiger partial charge in [-0.15, -0.1) is 6.58 Å². The third-order valence-electron chi connectivity index (χ3n) is 1.46. The number of unbranched alkanes of at least 4 members (excludes halogenated alkanes) is 1. The number of nitrogens with one attached hydrogen (secondary N) is 1. The maximum Gasteiger partial charge on any atom is 0.405 e. The number of hydrogen-bond donors (Lipinski definition) is 2. The Hall–Kier alpha value is -0.990. The van der Waals surface area contributed by atoms with Crippen LogP contribution in [0.3, 0.4) is 0 Å². The van der Waals surface area contributed by atoms with Gasteiger partial charge in [-0.3, -0.25) is 0 Å². The second kappa shape index (κ2) is 5.77. The van der Waals surface area contributed by atoms with Gasteiger partial charge in [0.15, 0.2) is 0 Å². The molecule has 64 valence electrons. The monoisotopic (exact) mass is 157 g/mol. The summed E-state index contributed by atoms with van der Waals surface area (Å²) in [6.45, 7) is 5.61. The molecule has 1 unspecified atom stereocenters. The lowest BCUT2D eigenvalue weighted by Gasteiger charge is -2.10. The lowest BCUT2D eigenvalue weighted by atomic mass is 10.1. The van der Waals surface area contributed by atoms with Crippen molar-refractivity contribution in [2.75, 3.05) is 0 Å². The van der Waals surface area contributed by atoms with Crippen molar-refractivity contribution in [1.82, 2.24) is 5.32 Å². The molecule has 0 aromatic heterocycles. The van der Waals surface area contributed by atoms with Gasteiger partial charge in [-0.25, -0.2) is 4.79 Å². The van der Waals surface area contributed by atoms with Crippen molar-refractivity contribution in [3.63, 3.8) is 0 Å². The third-order valence-corrected chi connectivity index (χ3v) is 1.46. The average molecular weight is 157 g/mol. The molecular weight excluding hydrogens is 142 g/mol. The van der Waals surface area contributed by atoms with E-state index in [4.69, 9.17) is 5.11 Å². The van der Waals surface area contributed by atoms with Gasteiger partial charge in [0.25, 0.3) is 0 Å². The summed E-state index contributed by atoms with van der Waals surface area (Å²) in [6, 6.07) is -0.0903. The molecule has 0 aliphatic heterocycles. The van der Waals surface area contributed by atoms with Crippen LogP contribution >= 0.6 is 0 Å². The summed E-state index contributed by atoms with van der Waals surface area (Å²) in [6.07, 6.45) is 3.59. The Morgan fingerprint density at radius 1 is 1.82 bits per heavy atom. The van der Waals surface area contributed by atoms with E-state index in [0.717, 1.165) is 19.3 Å². The Morgan fingerprint density at radius 2 is 2.45 bits per heavy atom. The van der Waals surface area contributed by atoms with Crippen LogP contribution in [0.4, 0.5) is 4.79 Å². The second-order valence-corrected chi connectivity index (χ2v) is 2.43. The first-order chi connectivity index (χ1) is 5.20. The van der Waals surface area contributed by atoms with Crippen LogP contribution in [0.1, 0.15) is 26.2 Å². The zero-order chi connectivity index (χ0) is 8.69. The van der Waals surface area contributed by atoms with Gasteiger partial charge in [0.1, 0.15) is 0 Å². The quantitative estimate of drug-likeness (QED) is 0.599. The van der Waals surface area contributed by atoms with Gasteiger partial charge >= 0.3 is 6.09 Å². The predicted octanol–water partition coefficient (Wildman–Crippen LogP) is 2.00. The van der Waals surface area contributed by atoms with Crippen LogP contribution in [0.15, 0.2) is 12.7 Å². The summed E-state index contributed by atoms with van der Waals surface area (Å²) in [4.78, 5) is 10.2. The van der Waals surface area contributed by atoms with Gasteiger partial charge < -0.3 is 10.4 Å². The van der Waals surface area contributed by atoms with Crippen molar-refractivity contribution in [2.45, 2.75) is 32.2 Å². The normalized spacial score (nSPS) is 12.1. The molecule has 1 amide bonds. The number of carbonyl (C=O) groups is 1. The molecule has 0 fully saturated rings. The van der Waals surface area contributed by atoms with Crippen LogP contribution in [-0.2, 0) is 0 Å². The smallest absolute Gasteiger partial charge is 0.405 e. The van der Waals surface area contributed by atoms with Crippen molar-refractivity contribution in [1.29, 1.82) is 0 Å². The topological polar surface area (TPSA) is 49.3 Å². The molecule has 0 spiro atoms. The number of carboxylic acid groups (broad SMARTS) is 1. The Labute approximate surface area is 67.1 Å². The molecule has 0 aliphatic carbocycles. The number of hydrogen-bond acceptors (Lipinski definition) is 1. The van der Waals surface area contributed by atoms with Gasteiger partial charge in [0.2, 0.25) is 0 Å². The molecule has 1 atom stereocenters. The van der Waals surface area contributed by atoms with Crippen molar-refractivity contribution < 1.29 is 9.90 Å². The van der Waals surface area contributed by atoms with Crippen LogP contribution in [0, 0.1) is 0 Å². The minimum Gasteiger partial charge on any atom is -0.465 e. The minimum absolute atomic E-state index is 0.0903. The minimum atomic E-state index is -0.981. The van der Waals surface area contributed by atoms with Gasteiger partial charge in [0, 0.05) is 0 Å². The molecule has 0 aromatic carbocycles. The molecule has 0 bridgehead atoms. The van der Waals surface area contributed by atoms with Crippen molar-refractivity contribution in [3.8, 4) is 0 Å². The summed E-state index contributed by atoms with van der Waals surface area (Å²) in [5, 5.41) is 10.7. The van der Waals surface area contributed by atoms with Gasteiger partial charge in [-0.2, -0.15) is 0 Å². The van der Waals surface area contributed by atoms with Crippen molar-refractivity contribution >= 4 is 6.09 Å². The fourth-order valence-electron chi connectivity index (χ4n) is 0.832. The molecule has 0 heterocycles. The molecule has 0 saturated carbocycles. The molecule has 0 aliphatic rings. The molecule has 2 N–H and O–H groups in total. The summed E-state index contributed by atoms with van der Waals surface area (Å²) >= 11 is 0. The van der Waals surface area contributed by atoms with E-state index in [1.165, 1.54) is 0 Å². The highest BCUT2D eigenvalue weighted by Crippen LogP contribution is 2.00. The molecule has 0 radical (unpaired) electrons. The Morgan fingerprint density at radius 3 is 2.82 bits per heavy atom. The zero-order valence-corrected chi connectivity index (χ0v) is 6.84. The largest absolute Gasteiger partial charge is 0.465 e. The van der Waals surface area contributed by atoms with E-state index in [2.05, 4.69) is 18.8 Å². The molecule has 3 nitrogen and oxygen atoms in total. The van der Waals surface area contributed by atoms with Crippen LogP contribution in [0.25, 0.3) is 0 Å². The summed E-state index contributed by atoms with van der Waals surface area (Å²) in [5.41, 5.74) is 0. The van der Waals surface area contributed by atoms with Crippen LogP contribution in [-0.4, -0.2) is 17.2 Å². The summed E-state index contributed by atoms with van der Waals surface area (Å²) < 4.78 is 0. The summed E-state index contributed by atoms with van der Waals surface area (Å²) in [7, 11) is 0. The van der Waals surface area contributed by atoms with E-state index in [-0.39, 0.29) is 6.04 Å². The number of amides is 1. The van der Waals surface area contributed by atoms with Gasteiger partial charge in [-0.1, -0.05) is 25.8 Å². The van der Waals surface area contributed by atoms with Crippen molar-refractivity contribution in [2.24, 2.45) is 0 Å².